The molecule has 0 atom stereocenters. The molecule has 128 valence electrons. The Balaban J connectivity index is 1.84. The van der Waals surface area contributed by atoms with Crippen molar-refractivity contribution in [3.8, 4) is 5.75 Å². The van der Waals surface area contributed by atoms with Gasteiger partial charge in [0.25, 0.3) is 0 Å². The van der Waals surface area contributed by atoms with Gasteiger partial charge < -0.3 is 15.4 Å². The zero-order chi connectivity index (χ0) is 17.4. The van der Waals surface area contributed by atoms with Crippen LogP contribution in [0.4, 0.5) is 11.4 Å². The van der Waals surface area contributed by atoms with Gasteiger partial charge in [0, 0.05) is 11.8 Å². The van der Waals surface area contributed by atoms with E-state index in [1.165, 1.54) is 0 Å². The van der Waals surface area contributed by atoms with Gasteiger partial charge in [-0.3, -0.25) is 4.79 Å². The number of hydrogen-bond acceptors (Lipinski definition) is 3. The first kappa shape index (κ1) is 18.1. The van der Waals surface area contributed by atoms with Gasteiger partial charge in [-0.1, -0.05) is 43.6 Å². The largest absolute Gasteiger partial charge is 0.494 e. The van der Waals surface area contributed by atoms with E-state index in [9.17, 15) is 4.79 Å². The summed E-state index contributed by atoms with van der Waals surface area (Å²) in [6.45, 7) is 5.13. The molecule has 0 aliphatic rings. The normalized spacial score (nSPS) is 10.5. The highest BCUT2D eigenvalue weighted by molar-refractivity contribution is 6.33. The Bertz CT molecular complexity index is 674. The summed E-state index contributed by atoms with van der Waals surface area (Å²) in [6, 6.07) is 14.7. The molecule has 5 heteroatoms. The maximum absolute atomic E-state index is 12.1. The molecule has 0 bridgehead atoms. The van der Waals surface area contributed by atoms with Crippen molar-refractivity contribution in [1.82, 2.24) is 0 Å². The average Bonchev–Trinajstić information content (AvgIpc) is 2.54. The van der Waals surface area contributed by atoms with Crippen LogP contribution in [-0.4, -0.2) is 19.1 Å². The monoisotopic (exact) mass is 346 g/mol. The van der Waals surface area contributed by atoms with Gasteiger partial charge in [0.2, 0.25) is 5.91 Å². The number of rotatable bonds is 8. The van der Waals surface area contributed by atoms with Gasteiger partial charge in [-0.25, -0.2) is 0 Å². The molecule has 0 spiro atoms. The molecule has 0 saturated heterocycles. The van der Waals surface area contributed by atoms with Crippen molar-refractivity contribution >= 4 is 28.9 Å². The zero-order valence-electron chi connectivity index (χ0n) is 14.0. The van der Waals surface area contributed by atoms with E-state index < -0.39 is 0 Å². The Kier molecular flexibility index (Phi) is 6.94. The van der Waals surface area contributed by atoms with E-state index in [2.05, 4.69) is 24.5 Å². The molecule has 2 rings (SSSR count). The second-order valence-corrected chi connectivity index (χ2v) is 6.35. The Morgan fingerprint density at radius 1 is 1.17 bits per heavy atom. The summed E-state index contributed by atoms with van der Waals surface area (Å²) >= 11 is 6.05. The lowest BCUT2D eigenvalue weighted by atomic mass is 10.1. The standard InChI is InChI=1S/C19H23ClN2O2/c1-14(2)10-11-24-16-7-5-6-15(12-16)22-19(23)13-21-18-9-4-3-8-17(18)20/h3-9,12,14,21H,10-11,13H2,1-2H3,(H,22,23). The third kappa shape index (κ3) is 6.13. The maximum atomic E-state index is 12.1. The fourth-order valence-corrected chi connectivity index (χ4v) is 2.26. The minimum absolute atomic E-state index is 0.141. The molecule has 0 aliphatic carbocycles. The van der Waals surface area contributed by atoms with E-state index >= 15 is 0 Å². The zero-order valence-corrected chi connectivity index (χ0v) is 14.8. The number of para-hydroxylation sites is 1. The molecule has 0 unspecified atom stereocenters. The minimum atomic E-state index is -0.144. The van der Waals surface area contributed by atoms with Crippen molar-refractivity contribution in [3.63, 3.8) is 0 Å². The van der Waals surface area contributed by atoms with Crippen LogP contribution in [0.3, 0.4) is 0 Å². The number of amides is 1. The van der Waals surface area contributed by atoms with Crippen LogP contribution in [0.25, 0.3) is 0 Å². The van der Waals surface area contributed by atoms with Crippen LogP contribution in [-0.2, 0) is 4.79 Å². The molecule has 2 N–H and O–H groups in total. The van der Waals surface area contributed by atoms with E-state index in [1.54, 1.807) is 6.07 Å². The van der Waals surface area contributed by atoms with Crippen molar-refractivity contribution in [1.29, 1.82) is 0 Å². The van der Waals surface area contributed by atoms with Crippen LogP contribution in [0.1, 0.15) is 20.3 Å². The Morgan fingerprint density at radius 3 is 2.71 bits per heavy atom. The first-order valence-corrected chi connectivity index (χ1v) is 8.43. The van der Waals surface area contributed by atoms with Crippen LogP contribution >= 0.6 is 11.6 Å². The highest BCUT2D eigenvalue weighted by atomic mass is 35.5. The number of carbonyl (C=O) groups is 1. The molecule has 0 heterocycles. The SMILES string of the molecule is CC(C)CCOc1cccc(NC(=O)CNc2ccccc2Cl)c1. The number of nitrogens with one attached hydrogen (secondary N) is 2. The fourth-order valence-electron chi connectivity index (χ4n) is 2.06. The van der Waals surface area contributed by atoms with Gasteiger partial charge in [-0.05, 0) is 36.6 Å². The summed E-state index contributed by atoms with van der Waals surface area (Å²) in [4.78, 5) is 12.1. The second kappa shape index (κ2) is 9.18. The lowest BCUT2D eigenvalue weighted by Crippen LogP contribution is -2.21. The Labute approximate surface area is 148 Å². The number of anilines is 2. The molecule has 0 aromatic heterocycles. The molecule has 24 heavy (non-hydrogen) atoms. The second-order valence-electron chi connectivity index (χ2n) is 5.94. The van der Waals surface area contributed by atoms with E-state index in [1.807, 2.05) is 42.5 Å². The summed E-state index contributed by atoms with van der Waals surface area (Å²) in [5.41, 5.74) is 1.45. The van der Waals surface area contributed by atoms with E-state index in [0.29, 0.717) is 23.2 Å². The first-order valence-electron chi connectivity index (χ1n) is 8.05. The number of carbonyl (C=O) groups excluding carboxylic acids is 1. The number of halogens is 1. The third-order valence-electron chi connectivity index (χ3n) is 3.39. The van der Waals surface area contributed by atoms with Gasteiger partial charge in [0.15, 0.2) is 0 Å². The maximum Gasteiger partial charge on any atom is 0.243 e. The van der Waals surface area contributed by atoms with E-state index in [0.717, 1.165) is 17.9 Å². The first-order chi connectivity index (χ1) is 11.5. The molecule has 4 nitrogen and oxygen atoms in total. The van der Waals surface area contributed by atoms with Crippen LogP contribution in [0.2, 0.25) is 5.02 Å². The van der Waals surface area contributed by atoms with Gasteiger partial charge >= 0.3 is 0 Å². The topological polar surface area (TPSA) is 50.4 Å². The molecule has 1 amide bonds. The highest BCUT2D eigenvalue weighted by Crippen LogP contribution is 2.20. The molecule has 2 aromatic carbocycles. The third-order valence-corrected chi connectivity index (χ3v) is 3.72. The summed E-state index contributed by atoms with van der Waals surface area (Å²) in [6.07, 6.45) is 0.998. The Hall–Kier alpha value is -2.20. The molecule has 0 aliphatic heterocycles. The van der Waals surface area contributed by atoms with Crippen molar-refractivity contribution in [2.24, 2.45) is 5.92 Å². The average molecular weight is 347 g/mol. The van der Waals surface area contributed by atoms with Crippen LogP contribution in [0.15, 0.2) is 48.5 Å². The smallest absolute Gasteiger partial charge is 0.243 e. The van der Waals surface area contributed by atoms with E-state index in [-0.39, 0.29) is 12.5 Å². The minimum Gasteiger partial charge on any atom is -0.494 e. The van der Waals surface area contributed by atoms with Crippen molar-refractivity contribution in [2.45, 2.75) is 20.3 Å². The molecule has 0 radical (unpaired) electrons. The molecule has 2 aromatic rings. The quantitative estimate of drug-likeness (QED) is 0.720. The predicted octanol–water partition coefficient (Wildman–Crippen LogP) is 4.82. The lowest BCUT2D eigenvalue weighted by molar-refractivity contribution is -0.114. The summed E-state index contributed by atoms with van der Waals surface area (Å²) < 4.78 is 5.70. The van der Waals surface area contributed by atoms with Gasteiger partial charge in [0.1, 0.15) is 5.75 Å². The molecule has 0 fully saturated rings. The predicted molar refractivity (Wildman–Crippen MR) is 100.0 cm³/mol. The van der Waals surface area contributed by atoms with Crippen molar-refractivity contribution in [2.75, 3.05) is 23.8 Å². The number of ether oxygens (including phenoxy) is 1. The number of hydrogen-bond donors (Lipinski definition) is 2. The summed E-state index contributed by atoms with van der Waals surface area (Å²) in [7, 11) is 0. The Morgan fingerprint density at radius 2 is 1.96 bits per heavy atom. The fraction of sp³-hybridized carbons (Fsp3) is 0.316. The molecular weight excluding hydrogens is 324 g/mol. The van der Waals surface area contributed by atoms with E-state index in [4.69, 9.17) is 16.3 Å². The summed E-state index contributed by atoms with van der Waals surface area (Å²) in [5.74, 6) is 1.21. The molecule has 0 saturated carbocycles. The van der Waals surface area contributed by atoms with Crippen LogP contribution in [0, 0.1) is 5.92 Å². The summed E-state index contributed by atoms with van der Waals surface area (Å²) in [5, 5.41) is 6.45. The number of benzene rings is 2. The van der Waals surface area contributed by atoms with Gasteiger partial charge in [-0.2, -0.15) is 0 Å². The highest BCUT2D eigenvalue weighted by Gasteiger charge is 2.05. The van der Waals surface area contributed by atoms with Gasteiger partial charge in [0.05, 0.1) is 23.9 Å². The van der Waals surface area contributed by atoms with Crippen molar-refractivity contribution in [3.05, 3.63) is 53.6 Å². The van der Waals surface area contributed by atoms with Crippen LogP contribution < -0.4 is 15.4 Å². The van der Waals surface area contributed by atoms with Crippen LogP contribution in [0.5, 0.6) is 5.75 Å². The molecular formula is C19H23ClN2O2. The lowest BCUT2D eigenvalue weighted by Gasteiger charge is -2.11. The van der Waals surface area contributed by atoms with Crippen molar-refractivity contribution < 1.29 is 9.53 Å². The van der Waals surface area contributed by atoms with Gasteiger partial charge in [-0.15, -0.1) is 0 Å².